The third-order valence-electron chi connectivity index (χ3n) is 2.19. The molecule has 1 aromatic rings. The Labute approximate surface area is 99.7 Å². The van der Waals surface area contributed by atoms with Crippen LogP contribution in [0.5, 0.6) is 0 Å². The van der Waals surface area contributed by atoms with E-state index in [9.17, 15) is 4.79 Å². The molecule has 1 amide bonds. The van der Waals surface area contributed by atoms with E-state index in [1.807, 2.05) is 6.07 Å². The summed E-state index contributed by atoms with van der Waals surface area (Å²) < 4.78 is 9.77. The number of aromatic nitrogens is 1. The zero-order valence-corrected chi connectivity index (χ0v) is 9.97. The molecule has 0 radical (unpaired) electrons. The summed E-state index contributed by atoms with van der Waals surface area (Å²) >= 11 is 0. The molecule has 0 aromatic carbocycles. The second-order valence-corrected chi connectivity index (χ2v) is 3.52. The van der Waals surface area contributed by atoms with Crippen LogP contribution in [-0.4, -0.2) is 42.8 Å². The number of hydrogen-bond donors (Lipinski definition) is 0. The predicted molar refractivity (Wildman–Crippen MR) is 59.2 cm³/mol. The summed E-state index contributed by atoms with van der Waals surface area (Å²) in [6, 6.07) is 3.59. The van der Waals surface area contributed by atoms with Crippen molar-refractivity contribution in [2.45, 2.75) is 13.3 Å². The van der Waals surface area contributed by atoms with Gasteiger partial charge in [-0.05, 0) is 6.92 Å². The van der Waals surface area contributed by atoms with Crippen LogP contribution in [0.25, 0.3) is 0 Å². The predicted octanol–water partition coefficient (Wildman–Crippen LogP) is 0.985. The van der Waals surface area contributed by atoms with Gasteiger partial charge in [0, 0.05) is 26.3 Å². The lowest BCUT2D eigenvalue weighted by atomic mass is 10.3. The van der Waals surface area contributed by atoms with Crippen LogP contribution in [0.3, 0.4) is 0 Å². The van der Waals surface area contributed by atoms with Crippen molar-refractivity contribution >= 4 is 5.91 Å². The number of nitrogens with zero attached hydrogens (tertiary/aromatic N) is 3. The largest absolute Gasteiger partial charge is 0.383 e. The molecule has 6 nitrogen and oxygen atoms in total. The van der Waals surface area contributed by atoms with Gasteiger partial charge in [0.15, 0.2) is 5.69 Å². The quantitative estimate of drug-likeness (QED) is 0.737. The van der Waals surface area contributed by atoms with Gasteiger partial charge in [-0.25, -0.2) is 0 Å². The highest BCUT2D eigenvalue weighted by Gasteiger charge is 2.18. The normalized spacial score (nSPS) is 9.94. The van der Waals surface area contributed by atoms with E-state index >= 15 is 0 Å². The lowest BCUT2D eigenvalue weighted by Gasteiger charge is -2.19. The third kappa shape index (κ3) is 3.89. The Balaban J connectivity index is 2.68. The molecule has 6 heteroatoms. The number of carbonyl (C=O) groups is 1. The molecular weight excluding hydrogens is 222 g/mol. The lowest BCUT2D eigenvalue weighted by Crippen LogP contribution is -2.34. The topological polar surface area (TPSA) is 79.4 Å². The van der Waals surface area contributed by atoms with Crippen LogP contribution in [0.1, 0.15) is 22.7 Å². The molecule has 0 fully saturated rings. The smallest absolute Gasteiger partial charge is 0.276 e. The molecule has 0 aliphatic carbocycles. The Morgan fingerprint density at radius 3 is 2.94 bits per heavy atom. The average molecular weight is 237 g/mol. The van der Waals surface area contributed by atoms with Crippen molar-refractivity contribution in [1.82, 2.24) is 10.1 Å². The van der Waals surface area contributed by atoms with E-state index in [1.54, 1.807) is 20.1 Å². The van der Waals surface area contributed by atoms with Crippen molar-refractivity contribution < 1.29 is 14.1 Å². The second kappa shape index (κ2) is 6.66. The van der Waals surface area contributed by atoms with Crippen LogP contribution in [0.2, 0.25) is 0 Å². The van der Waals surface area contributed by atoms with Gasteiger partial charge in [0.05, 0.1) is 19.1 Å². The molecule has 1 heterocycles. The van der Waals surface area contributed by atoms with Crippen LogP contribution >= 0.6 is 0 Å². The number of aryl methyl sites for hydroxylation is 1. The highest BCUT2D eigenvalue weighted by atomic mass is 16.5. The van der Waals surface area contributed by atoms with E-state index < -0.39 is 0 Å². The second-order valence-electron chi connectivity index (χ2n) is 3.52. The summed E-state index contributed by atoms with van der Waals surface area (Å²) in [6.45, 7) is 2.94. The van der Waals surface area contributed by atoms with E-state index in [1.165, 1.54) is 4.90 Å². The average Bonchev–Trinajstić information content (AvgIpc) is 2.75. The fourth-order valence-corrected chi connectivity index (χ4v) is 1.33. The number of rotatable bonds is 6. The Morgan fingerprint density at radius 2 is 2.41 bits per heavy atom. The standard InChI is InChI=1S/C11H15N3O3/c1-9-8-10(13-17-9)11(15)14(5-3-4-12)6-7-16-2/h8H,3,5-7H2,1-2H3. The van der Waals surface area contributed by atoms with E-state index in [2.05, 4.69) is 5.16 Å². The van der Waals surface area contributed by atoms with Crippen molar-refractivity contribution in [1.29, 1.82) is 5.26 Å². The fourth-order valence-electron chi connectivity index (χ4n) is 1.33. The van der Waals surface area contributed by atoms with Crippen LogP contribution in [0.15, 0.2) is 10.6 Å². The maximum atomic E-state index is 12.0. The van der Waals surface area contributed by atoms with Gasteiger partial charge < -0.3 is 14.2 Å². The van der Waals surface area contributed by atoms with E-state index in [-0.39, 0.29) is 18.0 Å². The summed E-state index contributed by atoms with van der Waals surface area (Å²) in [5.41, 5.74) is 0.261. The maximum absolute atomic E-state index is 12.0. The number of methoxy groups -OCH3 is 1. The number of hydrogen-bond acceptors (Lipinski definition) is 5. The first-order valence-corrected chi connectivity index (χ1v) is 5.27. The minimum Gasteiger partial charge on any atom is -0.383 e. The van der Waals surface area contributed by atoms with Gasteiger partial charge in [0.1, 0.15) is 5.76 Å². The van der Waals surface area contributed by atoms with Gasteiger partial charge in [-0.2, -0.15) is 5.26 Å². The van der Waals surface area contributed by atoms with E-state index in [0.29, 0.717) is 25.5 Å². The van der Waals surface area contributed by atoms with E-state index in [0.717, 1.165) is 0 Å². The van der Waals surface area contributed by atoms with Gasteiger partial charge in [0.25, 0.3) is 5.91 Å². The fraction of sp³-hybridized carbons (Fsp3) is 0.545. The number of ether oxygens (including phenoxy) is 1. The molecule has 0 bridgehead atoms. The molecular formula is C11H15N3O3. The zero-order chi connectivity index (χ0) is 12.7. The summed E-state index contributed by atoms with van der Waals surface area (Å²) in [4.78, 5) is 13.5. The maximum Gasteiger partial charge on any atom is 0.276 e. The van der Waals surface area contributed by atoms with Crippen molar-refractivity contribution in [3.8, 4) is 6.07 Å². The molecule has 0 aliphatic rings. The van der Waals surface area contributed by atoms with E-state index in [4.69, 9.17) is 14.5 Å². The molecule has 0 spiro atoms. The first-order valence-electron chi connectivity index (χ1n) is 5.27. The molecule has 1 rings (SSSR count). The molecule has 0 aliphatic heterocycles. The summed E-state index contributed by atoms with van der Waals surface area (Å²) in [5.74, 6) is 0.342. The molecule has 0 saturated carbocycles. The summed E-state index contributed by atoms with van der Waals surface area (Å²) in [6.07, 6.45) is 0.284. The van der Waals surface area contributed by atoms with Gasteiger partial charge >= 0.3 is 0 Å². The minimum absolute atomic E-state index is 0.242. The van der Waals surface area contributed by atoms with Crippen LogP contribution in [0, 0.1) is 18.3 Å². The highest BCUT2D eigenvalue weighted by Crippen LogP contribution is 2.06. The van der Waals surface area contributed by atoms with Crippen molar-refractivity contribution in [2.75, 3.05) is 26.8 Å². The first-order chi connectivity index (χ1) is 8.19. The van der Waals surface area contributed by atoms with Crippen molar-refractivity contribution in [2.24, 2.45) is 0 Å². The number of amides is 1. The number of carbonyl (C=O) groups excluding carboxylic acids is 1. The Kier molecular flexibility index (Phi) is 5.17. The van der Waals surface area contributed by atoms with Crippen LogP contribution < -0.4 is 0 Å². The van der Waals surface area contributed by atoms with Crippen molar-refractivity contribution in [3.63, 3.8) is 0 Å². The van der Waals surface area contributed by atoms with Gasteiger partial charge in [0.2, 0.25) is 0 Å². The molecule has 1 aromatic heterocycles. The van der Waals surface area contributed by atoms with Gasteiger partial charge in [-0.15, -0.1) is 0 Å². The van der Waals surface area contributed by atoms with Crippen LogP contribution in [-0.2, 0) is 4.74 Å². The SMILES string of the molecule is COCCN(CCC#N)C(=O)c1cc(C)on1. The molecule has 0 atom stereocenters. The molecule has 92 valence electrons. The Bertz CT molecular complexity index is 408. The minimum atomic E-state index is -0.242. The lowest BCUT2D eigenvalue weighted by molar-refractivity contribution is 0.0689. The molecule has 0 saturated heterocycles. The Hall–Kier alpha value is -1.87. The van der Waals surface area contributed by atoms with Crippen molar-refractivity contribution in [3.05, 3.63) is 17.5 Å². The summed E-state index contributed by atoms with van der Waals surface area (Å²) in [5, 5.41) is 12.2. The third-order valence-corrected chi connectivity index (χ3v) is 2.19. The summed E-state index contributed by atoms with van der Waals surface area (Å²) in [7, 11) is 1.56. The van der Waals surface area contributed by atoms with Crippen LogP contribution in [0.4, 0.5) is 0 Å². The molecule has 0 N–H and O–H groups in total. The number of nitriles is 1. The van der Waals surface area contributed by atoms with Gasteiger partial charge in [-0.1, -0.05) is 5.16 Å². The Morgan fingerprint density at radius 1 is 1.65 bits per heavy atom. The molecule has 0 unspecified atom stereocenters. The van der Waals surface area contributed by atoms with Gasteiger partial charge in [-0.3, -0.25) is 4.79 Å². The zero-order valence-electron chi connectivity index (χ0n) is 9.97. The monoisotopic (exact) mass is 237 g/mol. The highest BCUT2D eigenvalue weighted by molar-refractivity contribution is 5.92. The molecule has 17 heavy (non-hydrogen) atoms. The first kappa shape index (κ1) is 13.2.